The third-order valence-electron chi connectivity index (χ3n) is 6.22. The van der Waals surface area contributed by atoms with Crippen molar-refractivity contribution in [3.63, 3.8) is 0 Å². The molecule has 1 N–H and O–H groups in total. The highest BCUT2D eigenvalue weighted by Crippen LogP contribution is 2.42. The second kappa shape index (κ2) is 7.64. The Labute approximate surface area is 187 Å². The molecule has 0 radical (unpaired) electrons. The van der Waals surface area contributed by atoms with Crippen LogP contribution in [0.2, 0.25) is 0 Å². The molecular weight excluding hydrogens is 400 g/mol. The fraction of sp³-hybridized carbons (Fsp3) is 0.250. The first kappa shape index (κ1) is 20.0. The monoisotopic (exact) mass is 426 g/mol. The number of allylic oxidation sites excluding steroid dienone is 1. The quantitative estimate of drug-likeness (QED) is 0.528. The van der Waals surface area contributed by atoms with Crippen molar-refractivity contribution >= 4 is 17.5 Å². The maximum Gasteiger partial charge on any atom is 0.185 e. The van der Waals surface area contributed by atoms with Crippen LogP contribution in [0.4, 0.5) is 11.4 Å². The Morgan fingerprint density at radius 3 is 1.97 bits per heavy atom. The normalized spacial score (nSPS) is 14.2. The summed E-state index contributed by atoms with van der Waals surface area (Å²) in [5.74, 6) is 0.709. The van der Waals surface area contributed by atoms with Crippen LogP contribution in [0.25, 0.3) is 11.9 Å². The second-order valence-corrected chi connectivity index (χ2v) is 8.56. The van der Waals surface area contributed by atoms with E-state index in [1.54, 1.807) is 11.0 Å². The van der Waals surface area contributed by atoms with Gasteiger partial charge in [0.15, 0.2) is 5.82 Å². The molecule has 0 aliphatic heterocycles. The Morgan fingerprint density at radius 2 is 1.47 bits per heavy atom. The Kier molecular flexibility index (Phi) is 4.77. The maximum atomic E-state index is 4.50. The highest BCUT2D eigenvalue weighted by atomic mass is 15.5. The van der Waals surface area contributed by atoms with E-state index >= 15 is 0 Å². The number of rotatable bonds is 5. The summed E-state index contributed by atoms with van der Waals surface area (Å²) in [5, 5.41) is 19.2. The van der Waals surface area contributed by atoms with Crippen molar-refractivity contribution in [2.45, 2.75) is 11.8 Å². The molecule has 5 rings (SSSR count). The predicted octanol–water partition coefficient (Wildman–Crippen LogP) is 3.07. The molecule has 0 unspecified atom stereocenters. The van der Waals surface area contributed by atoms with Gasteiger partial charge in [-0.1, -0.05) is 36.4 Å². The molecule has 162 valence electrons. The van der Waals surface area contributed by atoms with E-state index in [9.17, 15) is 0 Å². The first-order valence-electron chi connectivity index (χ1n) is 10.5. The molecule has 0 saturated heterocycles. The number of hydrogen-bond donors (Lipinski definition) is 1. The van der Waals surface area contributed by atoms with Gasteiger partial charge in [0.05, 0.1) is 0 Å². The zero-order chi connectivity index (χ0) is 22.3. The molecule has 1 aliphatic carbocycles. The zero-order valence-electron chi connectivity index (χ0n) is 18.7. The Hall–Kier alpha value is -3.94. The summed E-state index contributed by atoms with van der Waals surface area (Å²) in [6.45, 7) is 0. The standard InChI is InChI=1S/C24H26N8/c1-30(2)19-9-5-17(6-10-19)24(18-7-11-20(12-8-18)31(3)4)14-13-21-22(15-24)26-27-23(21)32-16-25-28-29-32/h5-14,16H,15H2,1-4H3,(H,26,27). The smallest absolute Gasteiger partial charge is 0.185 e. The van der Waals surface area contributed by atoms with E-state index < -0.39 is 0 Å². The lowest BCUT2D eigenvalue weighted by Crippen LogP contribution is -2.30. The summed E-state index contributed by atoms with van der Waals surface area (Å²) < 4.78 is 1.59. The molecule has 0 bridgehead atoms. The molecule has 0 saturated carbocycles. The van der Waals surface area contributed by atoms with E-state index in [-0.39, 0.29) is 5.41 Å². The van der Waals surface area contributed by atoms with Crippen LogP contribution in [0, 0.1) is 0 Å². The Bertz CT molecular complexity index is 1180. The molecular formula is C24H26N8. The number of hydrogen-bond acceptors (Lipinski definition) is 6. The van der Waals surface area contributed by atoms with Crippen molar-refractivity contribution in [2.75, 3.05) is 38.0 Å². The van der Waals surface area contributed by atoms with E-state index in [1.165, 1.54) is 22.5 Å². The van der Waals surface area contributed by atoms with Gasteiger partial charge in [0.2, 0.25) is 0 Å². The molecule has 8 heteroatoms. The number of aromatic amines is 1. The molecule has 2 aromatic heterocycles. The van der Waals surface area contributed by atoms with Crippen molar-refractivity contribution in [1.29, 1.82) is 0 Å². The van der Waals surface area contributed by atoms with Crippen LogP contribution < -0.4 is 9.80 Å². The first-order valence-corrected chi connectivity index (χ1v) is 10.5. The minimum absolute atomic E-state index is 0.312. The van der Waals surface area contributed by atoms with E-state index in [4.69, 9.17) is 0 Å². The average molecular weight is 427 g/mol. The minimum Gasteiger partial charge on any atom is -0.378 e. The molecule has 0 fully saturated rings. The summed E-state index contributed by atoms with van der Waals surface area (Å²) in [5.41, 5.74) is 6.59. The van der Waals surface area contributed by atoms with Crippen molar-refractivity contribution in [3.8, 4) is 5.82 Å². The fourth-order valence-electron chi connectivity index (χ4n) is 4.36. The van der Waals surface area contributed by atoms with E-state index in [0.29, 0.717) is 5.82 Å². The van der Waals surface area contributed by atoms with Gasteiger partial charge in [0, 0.05) is 62.7 Å². The van der Waals surface area contributed by atoms with Gasteiger partial charge in [-0.15, -0.1) is 5.10 Å². The second-order valence-electron chi connectivity index (χ2n) is 8.56. The number of anilines is 2. The van der Waals surface area contributed by atoms with Gasteiger partial charge in [-0.2, -0.15) is 9.78 Å². The lowest BCUT2D eigenvalue weighted by atomic mass is 9.68. The number of benzene rings is 2. The number of tetrazole rings is 1. The lowest BCUT2D eigenvalue weighted by molar-refractivity contribution is 0.620. The molecule has 2 aromatic carbocycles. The fourth-order valence-corrected chi connectivity index (χ4v) is 4.36. The molecule has 0 atom stereocenters. The minimum atomic E-state index is -0.312. The Morgan fingerprint density at radius 1 is 0.875 bits per heavy atom. The zero-order valence-corrected chi connectivity index (χ0v) is 18.7. The summed E-state index contributed by atoms with van der Waals surface area (Å²) in [6, 6.07) is 17.6. The number of fused-ring (bicyclic) bond motifs is 1. The highest BCUT2D eigenvalue weighted by molar-refractivity contribution is 5.68. The van der Waals surface area contributed by atoms with E-state index in [0.717, 1.165) is 17.7 Å². The average Bonchev–Trinajstić information content (AvgIpc) is 3.48. The predicted molar refractivity (Wildman–Crippen MR) is 126 cm³/mol. The maximum absolute atomic E-state index is 4.50. The first-order chi connectivity index (χ1) is 15.5. The highest BCUT2D eigenvalue weighted by Gasteiger charge is 2.37. The molecule has 4 aromatic rings. The van der Waals surface area contributed by atoms with Gasteiger partial charge < -0.3 is 9.80 Å². The number of nitrogens with zero attached hydrogens (tertiary/aromatic N) is 7. The molecule has 8 nitrogen and oxygen atoms in total. The summed E-state index contributed by atoms with van der Waals surface area (Å²) in [4.78, 5) is 4.23. The third-order valence-corrected chi connectivity index (χ3v) is 6.22. The van der Waals surface area contributed by atoms with Gasteiger partial charge in [-0.25, -0.2) is 0 Å². The SMILES string of the molecule is CN(C)c1ccc(C2(c3ccc(N(C)C)cc3)C=Cc3c(-n4cnnn4)n[nH]c3C2)cc1. The van der Waals surface area contributed by atoms with E-state index in [1.807, 2.05) is 0 Å². The van der Waals surface area contributed by atoms with Crippen LogP contribution in [-0.2, 0) is 11.8 Å². The summed E-state index contributed by atoms with van der Waals surface area (Å²) >= 11 is 0. The van der Waals surface area contributed by atoms with Crippen LogP contribution in [0.1, 0.15) is 22.4 Å². The van der Waals surface area contributed by atoms with E-state index in [2.05, 4.69) is 124 Å². The van der Waals surface area contributed by atoms with Crippen LogP contribution in [0.5, 0.6) is 0 Å². The van der Waals surface area contributed by atoms with Gasteiger partial charge in [-0.3, -0.25) is 5.10 Å². The van der Waals surface area contributed by atoms with Crippen molar-refractivity contribution in [2.24, 2.45) is 0 Å². The molecule has 2 heterocycles. The van der Waals surface area contributed by atoms with Crippen LogP contribution in [-0.4, -0.2) is 58.6 Å². The number of nitrogens with one attached hydrogen (secondary N) is 1. The largest absolute Gasteiger partial charge is 0.378 e. The number of H-pyrrole nitrogens is 1. The van der Waals surface area contributed by atoms with Gasteiger partial charge >= 0.3 is 0 Å². The third kappa shape index (κ3) is 3.24. The van der Waals surface area contributed by atoms with Gasteiger partial charge in [0.25, 0.3) is 0 Å². The topological polar surface area (TPSA) is 78.8 Å². The Balaban J connectivity index is 1.62. The van der Waals surface area contributed by atoms with Gasteiger partial charge in [-0.05, 0) is 45.8 Å². The number of aromatic nitrogens is 6. The molecule has 32 heavy (non-hydrogen) atoms. The lowest BCUT2D eigenvalue weighted by Gasteiger charge is -2.35. The van der Waals surface area contributed by atoms with Crippen LogP contribution in [0.3, 0.4) is 0 Å². The molecule has 0 amide bonds. The molecule has 1 aliphatic rings. The van der Waals surface area contributed by atoms with Crippen molar-refractivity contribution in [1.82, 2.24) is 30.4 Å². The summed E-state index contributed by atoms with van der Waals surface area (Å²) in [7, 11) is 8.23. The van der Waals surface area contributed by atoms with Gasteiger partial charge in [0.1, 0.15) is 6.33 Å². The summed E-state index contributed by atoms with van der Waals surface area (Å²) in [6.07, 6.45) is 6.75. The van der Waals surface area contributed by atoms with Crippen molar-refractivity contribution < 1.29 is 0 Å². The van der Waals surface area contributed by atoms with Crippen LogP contribution >= 0.6 is 0 Å². The molecule has 0 spiro atoms. The van der Waals surface area contributed by atoms with Crippen molar-refractivity contribution in [3.05, 3.63) is 83.3 Å². The van der Waals surface area contributed by atoms with Crippen LogP contribution in [0.15, 0.2) is 60.9 Å².